The molecule has 2 amide bonds. The van der Waals surface area contributed by atoms with Crippen LogP contribution in [-0.4, -0.2) is 41.3 Å². The Morgan fingerprint density at radius 1 is 1.20 bits per heavy atom. The third-order valence-corrected chi connectivity index (χ3v) is 5.62. The molecule has 0 spiro atoms. The topological polar surface area (TPSA) is 80.5 Å². The van der Waals surface area contributed by atoms with Crippen LogP contribution in [-0.2, 0) is 0 Å². The number of carbonyl (C=O) groups is 1. The molecule has 0 radical (unpaired) electrons. The van der Waals surface area contributed by atoms with Crippen molar-refractivity contribution in [1.29, 1.82) is 0 Å². The second-order valence-corrected chi connectivity index (χ2v) is 7.85. The van der Waals surface area contributed by atoms with Gasteiger partial charge in [-0.25, -0.2) is 4.79 Å². The van der Waals surface area contributed by atoms with Gasteiger partial charge >= 0.3 is 6.03 Å². The van der Waals surface area contributed by atoms with Gasteiger partial charge in [-0.1, -0.05) is 40.5 Å². The van der Waals surface area contributed by atoms with Crippen LogP contribution in [0.3, 0.4) is 0 Å². The summed E-state index contributed by atoms with van der Waals surface area (Å²) in [6.45, 7) is 1.16. The molecule has 30 heavy (non-hydrogen) atoms. The molecule has 2 heterocycles. The second kappa shape index (κ2) is 8.93. The molecule has 0 unspecified atom stereocenters. The number of benzene rings is 2. The SMILES string of the molecule is COc1cccc(-c2noc(C3CCN(C(=O)Nc4ccc(Cl)cc4Cl)CC3)n2)c1. The third kappa shape index (κ3) is 4.52. The third-order valence-electron chi connectivity index (χ3n) is 5.07. The van der Waals surface area contributed by atoms with Crippen molar-refractivity contribution in [3.8, 4) is 17.1 Å². The molecule has 7 nitrogen and oxygen atoms in total. The summed E-state index contributed by atoms with van der Waals surface area (Å²) in [7, 11) is 1.62. The Morgan fingerprint density at radius 3 is 2.73 bits per heavy atom. The van der Waals surface area contributed by atoms with Gasteiger partial charge in [0.1, 0.15) is 5.75 Å². The summed E-state index contributed by atoms with van der Waals surface area (Å²) < 4.78 is 10.7. The molecular weight excluding hydrogens is 427 g/mol. The molecule has 1 aromatic heterocycles. The van der Waals surface area contributed by atoms with E-state index >= 15 is 0 Å². The van der Waals surface area contributed by atoms with Crippen molar-refractivity contribution in [3.63, 3.8) is 0 Å². The lowest BCUT2D eigenvalue weighted by Crippen LogP contribution is -2.40. The first kappa shape index (κ1) is 20.5. The predicted molar refractivity (Wildman–Crippen MR) is 115 cm³/mol. The van der Waals surface area contributed by atoms with Crippen LogP contribution in [0.5, 0.6) is 5.75 Å². The van der Waals surface area contributed by atoms with Crippen LogP contribution in [0.25, 0.3) is 11.4 Å². The van der Waals surface area contributed by atoms with Crippen molar-refractivity contribution in [2.45, 2.75) is 18.8 Å². The Morgan fingerprint density at radius 2 is 2.00 bits per heavy atom. The van der Waals surface area contributed by atoms with Gasteiger partial charge in [0.25, 0.3) is 0 Å². The predicted octanol–water partition coefficient (Wildman–Crippen LogP) is 5.46. The fraction of sp³-hybridized carbons (Fsp3) is 0.286. The summed E-state index contributed by atoms with van der Waals surface area (Å²) in [5.41, 5.74) is 1.37. The summed E-state index contributed by atoms with van der Waals surface area (Å²) in [5, 5.41) is 7.86. The number of nitrogens with one attached hydrogen (secondary N) is 1. The van der Waals surface area contributed by atoms with Gasteiger partial charge < -0.3 is 19.5 Å². The number of amides is 2. The van der Waals surface area contributed by atoms with E-state index in [4.69, 9.17) is 32.5 Å². The summed E-state index contributed by atoms with van der Waals surface area (Å²) in [4.78, 5) is 18.9. The number of rotatable bonds is 4. The van der Waals surface area contributed by atoms with Gasteiger partial charge in [-0.2, -0.15) is 4.98 Å². The summed E-state index contributed by atoms with van der Waals surface area (Å²) >= 11 is 12.0. The van der Waals surface area contributed by atoms with Gasteiger partial charge in [-0.05, 0) is 43.2 Å². The molecule has 2 aromatic carbocycles. The largest absolute Gasteiger partial charge is 0.497 e. The Hall–Kier alpha value is -2.77. The highest BCUT2D eigenvalue weighted by Crippen LogP contribution is 2.30. The fourth-order valence-corrected chi connectivity index (χ4v) is 3.85. The second-order valence-electron chi connectivity index (χ2n) is 7.00. The average Bonchev–Trinajstić information content (AvgIpc) is 3.26. The normalized spacial score (nSPS) is 14.6. The van der Waals surface area contributed by atoms with Gasteiger partial charge in [0, 0.05) is 29.6 Å². The highest BCUT2D eigenvalue weighted by atomic mass is 35.5. The van der Waals surface area contributed by atoms with Crippen LogP contribution in [0.4, 0.5) is 10.5 Å². The number of urea groups is 1. The molecule has 1 aliphatic heterocycles. The average molecular weight is 447 g/mol. The summed E-state index contributed by atoms with van der Waals surface area (Å²) in [6.07, 6.45) is 1.48. The monoisotopic (exact) mass is 446 g/mol. The van der Waals surface area contributed by atoms with Crippen molar-refractivity contribution in [1.82, 2.24) is 15.0 Å². The summed E-state index contributed by atoms with van der Waals surface area (Å²) in [6, 6.07) is 12.3. The lowest BCUT2D eigenvalue weighted by atomic mass is 9.97. The van der Waals surface area contributed by atoms with E-state index in [1.807, 2.05) is 24.3 Å². The van der Waals surface area contributed by atoms with Gasteiger partial charge in [-0.3, -0.25) is 0 Å². The van der Waals surface area contributed by atoms with Crippen LogP contribution < -0.4 is 10.1 Å². The molecule has 9 heteroatoms. The van der Waals surface area contributed by atoms with E-state index in [9.17, 15) is 4.79 Å². The number of nitrogens with zero attached hydrogens (tertiary/aromatic N) is 3. The maximum Gasteiger partial charge on any atom is 0.321 e. The van der Waals surface area contributed by atoms with Gasteiger partial charge in [-0.15, -0.1) is 0 Å². The van der Waals surface area contributed by atoms with E-state index in [-0.39, 0.29) is 11.9 Å². The maximum absolute atomic E-state index is 12.6. The zero-order valence-electron chi connectivity index (χ0n) is 16.3. The van der Waals surface area contributed by atoms with Crippen molar-refractivity contribution < 1.29 is 14.1 Å². The highest BCUT2D eigenvalue weighted by Gasteiger charge is 2.28. The maximum atomic E-state index is 12.6. The van der Waals surface area contributed by atoms with E-state index in [1.165, 1.54) is 0 Å². The Balaban J connectivity index is 1.36. The molecule has 1 aliphatic rings. The minimum absolute atomic E-state index is 0.111. The minimum atomic E-state index is -0.194. The van der Waals surface area contributed by atoms with Crippen LogP contribution >= 0.6 is 23.2 Å². The number of anilines is 1. The number of aromatic nitrogens is 2. The van der Waals surface area contributed by atoms with Crippen molar-refractivity contribution in [2.75, 3.05) is 25.5 Å². The molecule has 0 atom stereocenters. The number of halogens is 2. The number of carbonyl (C=O) groups excluding carboxylic acids is 1. The number of hydrogen-bond donors (Lipinski definition) is 1. The van der Waals surface area contributed by atoms with Gasteiger partial charge in [0.15, 0.2) is 0 Å². The fourth-order valence-electron chi connectivity index (χ4n) is 3.40. The van der Waals surface area contributed by atoms with Crippen LogP contribution in [0.15, 0.2) is 47.0 Å². The molecule has 0 aliphatic carbocycles. The quantitative estimate of drug-likeness (QED) is 0.574. The van der Waals surface area contributed by atoms with E-state index in [2.05, 4.69) is 15.5 Å². The standard InChI is InChI=1S/C21H20Cl2N4O3/c1-29-16-4-2-3-14(11-16)19-25-20(30-26-19)13-7-9-27(10-8-13)21(28)24-18-6-5-15(22)12-17(18)23/h2-6,11-13H,7-10H2,1H3,(H,24,28). The van der Waals surface area contributed by atoms with Gasteiger partial charge in [0.05, 0.1) is 17.8 Å². The Kier molecular flexibility index (Phi) is 6.11. The van der Waals surface area contributed by atoms with E-state index in [0.29, 0.717) is 40.5 Å². The Bertz CT molecular complexity index is 1050. The van der Waals surface area contributed by atoms with Crippen molar-refractivity contribution in [3.05, 3.63) is 58.4 Å². The first-order valence-corrected chi connectivity index (χ1v) is 10.3. The molecule has 1 N–H and O–H groups in total. The molecular formula is C21H20Cl2N4O3. The van der Waals surface area contributed by atoms with Crippen molar-refractivity contribution in [2.24, 2.45) is 0 Å². The molecule has 3 aromatic rings. The molecule has 4 rings (SSSR count). The van der Waals surface area contributed by atoms with Crippen LogP contribution in [0.2, 0.25) is 10.0 Å². The first-order valence-electron chi connectivity index (χ1n) is 9.52. The van der Waals surface area contributed by atoms with E-state index in [0.717, 1.165) is 24.2 Å². The van der Waals surface area contributed by atoms with Gasteiger partial charge in [0.2, 0.25) is 11.7 Å². The van der Waals surface area contributed by atoms with Crippen LogP contribution in [0, 0.1) is 0 Å². The molecule has 1 fully saturated rings. The zero-order chi connectivity index (χ0) is 21.1. The molecule has 0 bridgehead atoms. The molecule has 1 saturated heterocycles. The number of ether oxygens (including phenoxy) is 1. The minimum Gasteiger partial charge on any atom is -0.497 e. The summed E-state index contributed by atoms with van der Waals surface area (Å²) in [5.74, 6) is 1.97. The lowest BCUT2D eigenvalue weighted by molar-refractivity contribution is 0.187. The number of hydrogen-bond acceptors (Lipinski definition) is 5. The van der Waals surface area contributed by atoms with Crippen molar-refractivity contribution >= 4 is 34.9 Å². The first-order chi connectivity index (χ1) is 14.5. The number of likely N-dealkylation sites (tertiary alicyclic amines) is 1. The Labute approximate surface area is 183 Å². The lowest BCUT2D eigenvalue weighted by Gasteiger charge is -2.30. The molecule has 156 valence electrons. The molecule has 0 saturated carbocycles. The smallest absolute Gasteiger partial charge is 0.321 e. The van der Waals surface area contributed by atoms with E-state index in [1.54, 1.807) is 30.2 Å². The highest BCUT2D eigenvalue weighted by molar-refractivity contribution is 6.36. The number of methoxy groups -OCH3 is 1. The van der Waals surface area contributed by atoms with E-state index < -0.39 is 0 Å². The zero-order valence-corrected chi connectivity index (χ0v) is 17.8. The number of piperidine rings is 1. The van der Waals surface area contributed by atoms with Crippen LogP contribution in [0.1, 0.15) is 24.7 Å².